The van der Waals surface area contributed by atoms with Gasteiger partial charge in [-0.2, -0.15) is 0 Å². The van der Waals surface area contributed by atoms with E-state index in [4.69, 9.17) is 14.4 Å². The third kappa shape index (κ3) is 4.09. The monoisotopic (exact) mass is 552 g/mol. The van der Waals surface area contributed by atoms with E-state index in [-0.39, 0.29) is 0 Å². The van der Waals surface area contributed by atoms with E-state index in [9.17, 15) is 0 Å². The van der Waals surface area contributed by atoms with Crippen molar-refractivity contribution in [1.82, 2.24) is 9.97 Å². The molecule has 5 aromatic carbocycles. The van der Waals surface area contributed by atoms with Gasteiger partial charge in [-0.3, -0.25) is 0 Å². The summed E-state index contributed by atoms with van der Waals surface area (Å²) in [6.45, 7) is 0. The number of nitrogens with zero attached hydrogens (tertiary/aromatic N) is 2. The summed E-state index contributed by atoms with van der Waals surface area (Å²) in [5, 5.41) is 2.15. The Morgan fingerprint density at radius 3 is 1.89 bits per heavy atom. The molecule has 0 unspecified atom stereocenters. The van der Waals surface area contributed by atoms with Gasteiger partial charge in [0.05, 0.1) is 11.4 Å². The van der Waals surface area contributed by atoms with Crippen LogP contribution in [-0.2, 0) is 0 Å². The topological polar surface area (TPSA) is 38.9 Å². The maximum atomic E-state index is 6.40. The minimum absolute atomic E-state index is 0.705. The van der Waals surface area contributed by atoms with Gasteiger partial charge in [-0.1, -0.05) is 107 Å². The second kappa shape index (κ2) is 9.40. The molecule has 4 heteroatoms. The fourth-order valence-electron chi connectivity index (χ4n) is 4.88. The van der Waals surface area contributed by atoms with Crippen LogP contribution in [0.1, 0.15) is 0 Å². The molecular formula is C34H21BrN2O. The van der Waals surface area contributed by atoms with Gasteiger partial charge in [-0.25, -0.2) is 9.97 Å². The molecule has 0 radical (unpaired) electrons. The van der Waals surface area contributed by atoms with Crippen molar-refractivity contribution in [2.24, 2.45) is 0 Å². The lowest BCUT2D eigenvalue weighted by molar-refractivity contribution is 0.670. The molecule has 2 heterocycles. The Bertz CT molecular complexity index is 1850. The summed E-state index contributed by atoms with van der Waals surface area (Å²) in [6.07, 6.45) is 0. The number of hydrogen-bond donors (Lipinski definition) is 0. The lowest BCUT2D eigenvalue weighted by atomic mass is 10.0. The van der Waals surface area contributed by atoms with Gasteiger partial charge in [0.25, 0.3) is 0 Å². The zero-order chi connectivity index (χ0) is 25.5. The first-order chi connectivity index (χ1) is 18.7. The van der Waals surface area contributed by atoms with Crippen molar-refractivity contribution in [3.8, 4) is 45.0 Å². The summed E-state index contributed by atoms with van der Waals surface area (Å²) in [7, 11) is 0. The van der Waals surface area contributed by atoms with Gasteiger partial charge in [-0.05, 0) is 42.0 Å². The zero-order valence-corrected chi connectivity index (χ0v) is 21.9. The van der Waals surface area contributed by atoms with Gasteiger partial charge in [0, 0.05) is 37.5 Å². The largest absolute Gasteiger partial charge is 0.455 e. The molecule has 0 aliphatic rings. The number of aromatic nitrogens is 2. The van der Waals surface area contributed by atoms with Crippen molar-refractivity contribution in [1.29, 1.82) is 0 Å². The van der Waals surface area contributed by atoms with Crippen LogP contribution in [0.4, 0.5) is 0 Å². The Hall–Kier alpha value is -4.54. The van der Waals surface area contributed by atoms with Crippen molar-refractivity contribution in [2.45, 2.75) is 0 Å². The lowest BCUT2D eigenvalue weighted by Gasteiger charge is -2.09. The molecule has 0 aliphatic carbocycles. The second-order valence-electron chi connectivity index (χ2n) is 9.20. The zero-order valence-electron chi connectivity index (χ0n) is 20.3. The fraction of sp³-hybridized carbons (Fsp3) is 0. The molecule has 0 bridgehead atoms. The summed E-state index contributed by atoms with van der Waals surface area (Å²) in [5.41, 5.74) is 8.77. The normalized spacial score (nSPS) is 11.3. The van der Waals surface area contributed by atoms with E-state index in [0.717, 1.165) is 65.6 Å². The second-order valence-corrected chi connectivity index (χ2v) is 10.1. The van der Waals surface area contributed by atoms with E-state index in [2.05, 4.69) is 88.7 Å². The predicted octanol–water partition coefficient (Wildman–Crippen LogP) is 9.81. The molecule has 0 atom stereocenters. The number of furan rings is 1. The van der Waals surface area contributed by atoms with Crippen molar-refractivity contribution >= 4 is 37.9 Å². The van der Waals surface area contributed by atoms with Crippen LogP contribution in [0.2, 0.25) is 0 Å². The van der Waals surface area contributed by atoms with Gasteiger partial charge >= 0.3 is 0 Å². The number of benzene rings is 5. The summed E-state index contributed by atoms with van der Waals surface area (Å²) in [4.78, 5) is 9.92. The smallest absolute Gasteiger partial charge is 0.160 e. The van der Waals surface area contributed by atoms with Gasteiger partial charge in [0.2, 0.25) is 0 Å². The highest BCUT2D eigenvalue weighted by atomic mass is 79.9. The van der Waals surface area contributed by atoms with E-state index in [1.54, 1.807) is 0 Å². The van der Waals surface area contributed by atoms with E-state index >= 15 is 0 Å². The third-order valence-corrected chi connectivity index (χ3v) is 7.30. The first-order valence-corrected chi connectivity index (χ1v) is 13.2. The minimum atomic E-state index is 0.705. The van der Waals surface area contributed by atoms with E-state index in [0.29, 0.717) is 5.82 Å². The Morgan fingerprint density at radius 2 is 1.16 bits per heavy atom. The molecule has 3 nitrogen and oxygen atoms in total. The van der Waals surface area contributed by atoms with E-state index in [1.165, 1.54) is 0 Å². The van der Waals surface area contributed by atoms with Gasteiger partial charge in [0.15, 0.2) is 5.82 Å². The summed E-state index contributed by atoms with van der Waals surface area (Å²) in [5.74, 6) is 0.705. The third-order valence-electron chi connectivity index (χ3n) is 6.78. The Kier molecular flexibility index (Phi) is 5.60. The quantitative estimate of drug-likeness (QED) is 0.218. The highest BCUT2D eigenvalue weighted by Gasteiger charge is 2.15. The van der Waals surface area contributed by atoms with Crippen LogP contribution >= 0.6 is 15.9 Å². The maximum Gasteiger partial charge on any atom is 0.160 e. The summed E-state index contributed by atoms with van der Waals surface area (Å²) >= 11 is 3.53. The predicted molar refractivity (Wildman–Crippen MR) is 159 cm³/mol. The minimum Gasteiger partial charge on any atom is -0.455 e. The van der Waals surface area contributed by atoms with Crippen LogP contribution in [-0.4, -0.2) is 9.97 Å². The Balaban J connectivity index is 1.41. The molecule has 0 saturated carbocycles. The number of rotatable bonds is 4. The van der Waals surface area contributed by atoms with Crippen molar-refractivity contribution in [3.63, 3.8) is 0 Å². The molecule has 38 heavy (non-hydrogen) atoms. The molecule has 0 saturated heterocycles. The summed E-state index contributed by atoms with van der Waals surface area (Å²) < 4.78 is 7.45. The van der Waals surface area contributed by atoms with Crippen LogP contribution in [0, 0.1) is 0 Å². The van der Waals surface area contributed by atoms with Crippen molar-refractivity contribution in [3.05, 3.63) is 132 Å². The number of para-hydroxylation sites is 1. The van der Waals surface area contributed by atoms with Crippen LogP contribution < -0.4 is 0 Å². The molecule has 0 amide bonds. The number of hydrogen-bond acceptors (Lipinski definition) is 3. The van der Waals surface area contributed by atoms with Gasteiger partial charge < -0.3 is 4.42 Å². The van der Waals surface area contributed by atoms with Crippen molar-refractivity contribution < 1.29 is 4.42 Å². The SMILES string of the molecule is Brc1ccc(-c2cccc3c2oc2ccc(-c4cc(-c5ccccc5)nc(-c5ccccc5)n4)cc23)cc1. The average Bonchev–Trinajstić information content (AvgIpc) is 3.36. The van der Waals surface area contributed by atoms with E-state index in [1.807, 2.05) is 54.6 Å². The van der Waals surface area contributed by atoms with E-state index < -0.39 is 0 Å². The molecule has 0 spiro atoms. The first kappa shape index (κ1) is 22.6. The lowest BCUT2D eigenvalue weighted by Crippen LogP contribution is -1.95. The molecule has 0 N–H and O–H groups in total. The molecule has 7 aromatic rings. The van der Waals surface area contributed by atoms with Gasteiger partial charge in [0.1, 0.15) is 11.2 Å². The molecular weight excluding hydrogens is 532 g/mol. The van der Waals surface area contributed by atoms with Crippen LogP contribution in [0.25, 0.3) is 67.0 Å². The highest BCUT2D eigenvalue weighted by molar-refractivity contribution is 9.10. The highest BCUT2D eigenvalue weighted by Crippen LogP contribution is 2.38. The maximum absolute atomic E-state index is 6.40. The fourth-order valence-corrected chi connectivity index (χ4v) is 5.15. The molecule has 0 aliphatic heterocycles. The summed E-state index contributed by atoms with van der Waals surface area (Å²) in [6, 6.07) is 43.4. The Morgan fingerprint density at radius 1 is 0.500 bits per heavy atom. The first-order valence-electron chi connectivity index (χ1n) is 12.4. The Labute approximate surface area is 228 Å². The standard InChI is InChI=1S/C34H21BrN2O/c35-26-17-14-22(15-18-26)27-12-7-13-28-29-20-25(16-19-32(29)38-33(27)28)31-21-30(23-8-3-1-4-9-23)36-34(37-31)24-10-5-2-6-11-24/h1-21H. The average molecular weight is 553 g/mol. The molecule has 180 valence electrons. The van der Waals surface area contributed by atoms with Crippen molar-refractivity contribution in [2.75, 3.05) is 0 Å². The van der Waals surface area contributed by atoms with Gasteiger partial charge in [-0.15, -0.1) is 0 Å². The number of fused-ring (bicyclic) bond motifs is 3. The van der Waals surface area contributed by atoms with Crippen LogP contribution in [0.15, 0.2) is 136 Å². The number of halogens is 1. The van der Waals surface area contributed by atoms with Crippen LogP contribution in [0.5, 0.6) is 0 Å². The van der Waals surface area contributed by atoms with Crippen LogP contribution in [0.3, 0.4) is 0 Å². The molecule has 0 fully saturated rings. The molecule has 7 rings (SSSR count). The molecule has 2 aromatic heterocycles.